The van der Waals surface area contributed by atoms with Gasteiger partial charge < -0.3 is 10.5 Å². The van der Waals surface area contributed by atoms with Crippen molar-refractivity contribution in [1.29, 1.82) is 5.26 Å². The fourth-order valence-electron chi connectivity index (χ4n) is 1.57. The van der Waals surface area contributed by atoms with E-state index in [1.807, 2.05) is 36.4 Å². The fraction of sp³-hybridized carbons (Fsp3) is 0.0714. The monoisotopic (exact) mass is 256 g/mol. The molecule has 0 radical (unpaired) electrons. The lowest BCUT2D eigenvalue weighted by atomic mass is 10.2. The van der Waals surface area contributed by atoms with Crippen LogP contribution in [0.25, 0.3) is 0 Å². The van der Waals surface area contributed by atoms with E-state index in [1.54, 1.807) is 13.2 Å². The van der Waals surface area contributed by atoms with Crippen molar-refractivity contribution in [2.45, 2.75) is 9.79 Å². The van der Waals surface area contributed by atoms with Crippen LogP contribution in [0.5, 0.6) is 5.75 Å². The third-order valence-corrected chi connectivity index (χ3v) is 3.61. The molecular formula is C14H12N2OS. The van der Waals surface area contributed by atoms with Crippen molar-refractivity contribution in [3.8, 4) is 11.8 Å². The number of benzene rings is 2. The van der Waals surface area contributed by atoms with E-state index in [0.29, 0.717) is 17.0 Å². The van der Waals surface area contributed by atoms with Gasteiger partial charge in [-0.15, -0.1) is 0 Å². The van der Waals surface area contributed by atoms with E-state index in [0.717, 1.165) is 9.79 Å². The van der Waals surface area contributed by atoms with Gasteiger partial charge >= 0.3 is 0 Å². The molecule has 0 saturated carbocycles. The SMILES string of the molecule is COc1cccc(Sc2ccccc2N)c1C#N. The molecule has 0 aliphatic rings. The minimum absolute atomic E-state index is 0.535. The van der Waals surface area contributed by atoms with E-state index in [-0.39, 0.29) is 0 Å². The summed E-state index contributed by atoms with van der Waals surface area (Å²) in [6.07, 6.45) is 0. The second-order valence-electron chi connectivity index (χ2n) is 3.59. The Morgan fingerprint density at radius 3 is 2.50 bits per heavy atom. The van der Waals surface area contributed by atoms with Crippen molar-refractivity contribution in [3.05, 3.63) is 48.0 Å². The zero-order valence-electron chi connectivity index (χ0n) is 9.88. The molecule has 0 aromatic heterocycles. The smallest absolute Gasteiger partial charge is 0.137 e. The number of hydrogen-bond donors (Lipinski definition) is 1. The Morgan fingerprint density at radius 2 is 1.83 bits per heavy atom. The molecule has 0 fully saturated rings. The number of methoxy groups -OCH3 is 1. The van der Waals surface area contributed by atoms with Crippen LogP contribution in [0.2, 0.25) is 0 Å². The van der Waals surface area contributed by atoms with Crippen LogP contribution in [0.4, 0.5) is 5.69 Å². The number of para-hydroxylation sites is 1. The molecule has 2 N–H and O–H groups in total. The number of nitrogens with zero attached hydrogens (tertiary/aromatic N) is 1. The Kier molecular flexibility index (Phi) is 3.75. The van der Waals surface area contributed by atoms with Crippen LogP contribution in [0, 0.1) is 11.3 Å². The maximum absolute atomic E-state index is 9.20. The van der Waals surface area contributed by atoms with Crippen LogP contribution < -0.4 is 10.5 Å². The summed E-state index contributed by atoms with van der Waals surface area (Å²) in [6, 6.07) is 15.3. The van der Waals surface area contributed by atoms with Gasteiger partial charge in [-0.3, -0.25) is 0 Å². The number of rotatable bonds is 3. The molecule has 18 heavy (non-hydrogen) atoms. The van der Waals surface area contributed by atoms with Gasteiger partial charge in [-0.05, 0) is 24.3 Å². The predicted molar refractivity (Wildman–Crippen MR) is 72.7 cm³/mol. The molecule has 2 aromatic rings. The van der Waals surface area contributed by atoms with Crippen molar-refractivity contribution in [2.75, 3.05) is 12.8 Å². The van der Waals surface area contributed by atoms with E-state index in [1.165, 1.54) is 11.8 Å². The Balaban J connectivity index is 2.42. The first-order valence-electron chi connectivity index (χ1n) is 5.35. The molecule has 0 bridgehead atoms. The molecule has 0 atom stereocenters. The highest BCUT2D eigenvalue weighted by Crippen LogP contribution is 2.36. The molecule has 0 spiro atoms. The largest absolute Gasteiger partial charge is 0.495 e. The van der Waals surface area contributed by atoms with Crippen molar-refractivity contribution in [3.63, 3.8) is 0 Å². The minimum atomic E-state index is 0.535. The third-order valence-electron chi connectivity index (χ3n) is 2.46. The van der Waals surface area contributed by atoms with Crippen LogP contribution in [0.3, 0.4) is 0 Å². The van der Waals surface area contributed by atoms with Gasteiger partial charge in [-0.1, -0.05) is 30.0 Å². The average Bonchev–Trinajstić information content (AvgIpc) is 2.41. The quantitative estimate of drug-likeness (QED) is 0.856. The molecule has 0 amide bonds. The van der Waals surface area contributed by atoms with Gasteiger partial charge in [-0.2, -0.15) is 5.26 Å². The molecule has 0 unspecified atom stereocenters. The van der Waals surface area contributed by atoms with Gasteiger partial charge in [0.05, 0.1) is 7.11 Å². The van der Waals surface area contributed by atoms with E-state index in [9.17, 15) is 5.26 Å². The zero-order valence-corrected chi connectivity index (χ0v) is 10.7. The summed E-state index contributed by atoms with van der Waals surface area (Å²) in [7, 11) is 1.56. The Hall–Kier alpha value is -2.12. The van der Waals surface area contributed by atoms with Gasteiger partial charge in [-0.25, -0.2) is 0 Å². The molecule has 90 valence electrons. The maximum atomic E-state index is 9.20. The molecular weight excluding hydrogens is 244 g/mol. The summed E-state index contributed by atoms with van der Waals surface area (Å²) in [5, 5.41) is 9.20. The van der Waals surface area contributed by atoms with Gasteiger partial charge in [0, 0.05) is 15.5 Å². The lowest BCUT2D eigenvalue weighted by Gasteiger charge is -2.09. The van der Waals surface area contributed by atoms with E-state index in [2.05, 4.69) is 6.07 Å². The summed E-state index contributed by atoms with van der Waals surface area (Å²) in [4.78, 5) is 1.78. The summed E-state index contributed by atoms with van der Waals surface area (Å²) >= 11 is 1.47. The maximum Gasteiger partial charge on any atom is 0.137 e. The second kappa shape index (κ2) is 5.48. The number of hydrogen-bond acceptors (Lipinski definition) is 4. The lowest BCUT2D eigenvalue weighted by molar-refractivity contribution is 0.412. The van der Waals surface area contributed by atoms with E-state index in [4.69, 9.17) is 10.5 Å². The second-order valence-corrected chi connectivity index (χ2v) is 4.67. The number of nitriles is 1. The van der Waals surface area contributed by atoms with Crippen molar-refractivity contribution in [1.82, 2.24) is 0 Å². The van der Waals surface area contributed by atoms with Crippen LogP contribution >= 0.6 is 11.8 Å². The summed E-state index contributed by atoms with van der Waals surface area (Å²) < 4.78 is 5.18. The number of nitrogen functional groups attached to an aromatic ring is 1. The zero-order chi connectivity index (χ0) is 13.0. The van der Waals surface area contributed by atoms with Crippen molar-refractivity contribution < 1.29 is 4.74 Å². The molecule has 2 rings (SSSR count). The van der Waals surface area contributed by atoms with Crippen LogP contribution in [0.1, 0.15) is 5.56 Å². The molecule has 3 nitrogen and oxygen atoms in total. The van der Waals surface area contributed by atoms with Gasteiger partial charge in [0.2, 0.25) is 0 Å². The fourth-order valence-corrected chi connectivity index (χ4v) is 2.53. The first-order valence-corrected chi connectivity index (χ1v) is 6.17. The van der Waals surface area contributed by atoms with Crippen LogP contribution in [-0.2, 0) is 0 Å². The highest BCUT2D eigenvalue weighted by molar-refractivity contribution is 7.99. The summed E-state index contributed by atoms with van der Waals surface area (Å²) in [6.45, 7) is 0. The third kappa shape index (κ3) is 2.41. The van der Waals surface area contributed by atoms with Crippen LogP contribution in [-0.4, -0.2) is 7.11 Å². The molecule has 0 saturated heterocycles. The van der Waals surface area contributed by atoms with E-state index < -0.39 is 0 Å². The molecule has 0 heterocycles. The Labute approximate surface area is 110 Å². The highest BCUT2D eigenvalue weighted by Gasteiger charge is 2.10. The number of ether oxygens (including phenoxy) is 1. The van der Waals surface area contributed by atoms with E-state index >= 15 is 0 Å². The Morgan fingerprint density at radius 1 is 1.11 bits per heavy atom. The molecule has 0 aliphatic heterocycles. The van der Waals surface area contributed by atoms with Crippen LogP contribution in [0.15, 0.2) is 52.3 Å². The van der Waals surface area contributed by atoms with Gasteiger partial charge in [0.1, 0.15) is 17.4 Å². The van der Waals surface area contributed by atoms with Gasteiger partial charge in [0.15, 0.2) is 0 Å². The van der Waals surface area contributed by atoms with Crippen molar-refractivity contribution >= 4 is 17.4 Å². The summed E-state index contributed by atoms with van der Waals surface area (Å²) in [5.74, 6) is 0.581. The highest BCUT2D eigenvalue weighted by atomic mass is 32.2. The topological polar surface area (TPSA) is 59.0 Å². The Bertz CT molecular complexity index is 605. The normalized spacial score (nSPS) is 9.78. The minimum Gasteiger partial charge on any atom is -0.495 e. The first kappa shape index (κ1) is 12.3. The summed E-state index contributed by atoms with van der Waals surface area (Å²) in [5.41, 5.74) is 7.13. The first-order chi connectivity index (χ1) is 8.76. The van der Waals surface area contributed by atoms with Crippen molar-refractivity contribution in [2.24, 2.45) is 0 Å². The number of nitrogens with two attached hydrogens (primary N) is 1. The van der Waals surface area contributed by atoms with Gasteiger partial charge in [0.25, 0.3) is 0 Å². The standard InChI is InChI=1S/C14H12N2OS/c1-17-12-6-4-8-13(10(12)9-15)18-14-7-3-2-5-11(14)16/h2-8H,16H2,1H3. The average molecular weight is 256 g/mol. The molecule has 0 aliphatic carbocycles. The molecule has 2 aromatic carbocycles. The predicted octanol–water partition coefficient (Wildman–Crippen LogP) is 3.30. The lowest BCUT2D eigenvalue weighted by Crippen LogP contribution is -1.91. The number of anilines is 1. The molecule has 4 heteroatoms.